The highest BCUT2D eigenvalue weighted by Gasteiger charge is 2.28. The molecule has 0 saturated heterocycles. The lowest BCUT2D eigenvalue weighted by Gasteiger charge is -2.12. The number of fused-ring (bicyclic) bond motifs is 1. The fourth-order valence-electron chi connectivity index (χ4n) is 3.33. The monoisotopic (exact) mass is 486 g/mol. The van der Waals surface area contributed by atoms with Gasteiger partial charge in [-0.3, -0.25) is 4.79 Å². The summed E-state index contributed by atoms with van der Waals surface area (Å²) >= 11 is 0. The molecule has 0 aliphatic heterocycles. The summed E-state index contributed by atoms with van der Waals surface area (Å²) in [5, 5.41) is -0.345. The summed E-state index contributed by atoms with van der Waals surface area (Å²) in [7, 11) is -5.40. The molecule has 0 aliphatic rings. The van der Waals surface area contributed by atoms with Crippen LogP contribution < -0.4 is 15.0 Å². The molecule has 1 heterocycles. The van der Waals surface area contributed by atoms with E-state index in [1.165, 1.54) is 62.8 Å². The summed E-state index contributed by atoms with van der Waals surface area (Å²) in [4.78, 5) is 18.2. The number of H-pyrrole nitrogens is 1. The van der Waals surface area contributed by atoms with Crippen molar-refractivity contribution in [3.05, 3.63) is 77.3 Å². The van der Waals surface area contributed by atoms with Gasteiger partial charge in [-0.25, -0.2) is 21.8 Å². The third-order valence-electron chi connectivity index (χ3n) is 5.04. The molecule has 0 bridgehead atoms. The van der Waals surface area contributed by atoms with Crippen molar-refractivity contribution in [3.63, 3.8) is 0 Å². The second-order valence-corrected chi connectivity index (χ2v) is 10.7. The number of sulfone groups is 2. The van der Waals surface area contributed by atoms with Crippen molar-refractivity contribution < 1.29 is 26.3 Å². The molecule has 3 aromatic carbocycles. The Kier molecular flexibility index (Phi) is 5.68. The molecule has 0 saturated carbocycles. The van der Waals surface area contributed by atoms with E-state index in [-0.39, 0.29) is 30.5 Å². The molecule has 9 nitrogen and oxygen atoms in total. The third kappa shape index (κ3) is 3.85. The van der Waals surface area contributed by atoms with Crippen LogP contribution in [0.1, 0.15) is 0 Å². The van der Waals surface area contributed by atoms with Gasteiger partial charge in [0.05, 0.1) is 51.0 Å². The van der Waals surface area contributed by atoms with E-state index < -0.39 is 25.2 Å². The van der Waals surface area contributed by atoms with Gasteiger partial charge in [-0.1, -0.05) is 0 Å². The molecular weight excluding hydrogens is 468 g/mol. The van der Waals surface area contributed by atoms with Crippen molar-refractivity contribution in [3.8, 4) is 11.5 Å². The minimum absolute atomic E-state index is 0.0579. The van der Waals surface area contributed by atoms with Gasteiger partial charge in [0, 0.05) is 0 Å². The van der Waals surface area contributed by atoms with Crippen LogP contribution in [0.2, 0.25) is 0 Å². The number of hydrogen-bond acceptors (Lipinski definition) is 8. The van der Waals surface area contributed by atoms with Gasteiger partial charge >= 0.3 is 0 Å². The van der Waals surface area contributed by atoms with E-state index in [4.69, 9.17) is 9.47 Å². The number of nitrogens with one attached hydrogen (secondary N) is 1. The Morgan fingerprint density at radius 1 is 0.697 bits per heavy atom. The fraction of sp³-hybridized carbons (Fsp3) is 0.0909. The van der Waals surface area contributed by atoms with E-state index in [0.29, 0.717) is 11.5 Å². The van der Waals surface area contributed by atoms with Gasteiger partial charge in [-0.2, -0.15) is 0 Å². The topological polar surface area (TPSA) is 132 Å². The van der Waals surface area contributed by atoms with Gasteiger partial charge in [-0.05, 0) is 60.7 Å². The predicted molar refractivity (Wildman–Crippen MR) is 119 cm³/mol. The van der Waals surface area contributed by atoms with E-state index in [9.17, 15) is 21.6 Å². The van der Waals surface area contributed by atoms with Crippen molar-refractivity contribution in [2.75, 3.05) is 14.2 Å². The van der Waals surface area contributed by atoms with Crippen LogP contribution in [0.25, 0.3) is 10.9 Å². The summed E-state index contributed by atoms with van der Waals surface area (Å²) in [6, 6.07) is 13.6. The SMILES string of the molecule is COc1ccc(S(=O)(=O)c2ccc(S(=O)(=O)c3ccc(OC)cc3)c3c(=O)[nH]cnc23)cc1. The summed E-state index contributed by atoms with van der Waals surface area (Å²) in [5.41, 5.74) is -1.02. The molecule has 0 atom stereocenters. The van der Waals surface area contributed by atoms with Gasteiger partial charge < -0.3 is 14.5 Å². The van der Waals surface area contributed by atoms with E-state index in [1.54, 1.807) is 0 Å². The molecule has 4 aromatic rings. The van der Waals surface area contributed by atoms with Crippen LogP contribution in [0.4, 0.5) is 0 Å². The first kappa shape index (κ1) is 22.5. The molecule has 170 valence electrons. The van der Waals surface area contributed by atoms with E-state index in [1.807, 2.05) is 0 Å². The van der Waals surface area contributed by atoms with E-state index in [0.717, 1.165) is 18.5 Å². The zero-order valence-corrected chi connectivity index (χ0v) is 19.1. The second kappa shape index (κ2) is 8.34. The molecule has 0 unspecified atom stereocenters. The van der Waals surface area contributed by atoms with Crippen molar-refractivity contribution in [2.24, 2.45) is 0 Å². The van der Waals surface area contributed by atoms with E-state index in [2.05, 4.69) is 9.97 Å². The van der Waals surface area contributed by atoms with Gasteiger partial charge in [0.1, 0.15) is 11.5 Å². The van der Waals surface area contributed by atoms with Crippen LogP contribution in [-0.2, 0) is 19.7 Å². The Morgan fingerprint density at radius 3 is 1.64 bits per heavy atom. The molecular formula is C22H18N2O7S2. The van der Waals surface area contributed by atoms with Gasteiger partial charge in [-0.15, -0.1) is 0 Å². The minimum Gasteiger partial charge on any atom is -0.497 e. The zero-order chi connectivity index (χ0) is 23.8. The highest BCUT2D eigenvalue weighted by atomic mass is 32.2. The second-order valence-electron chi connectivity index (χ2n) is 6.88. The average molecular weight is 487 g/mol. The molecule has 1 aromatic heterocycles. The number of nitrogens with zero attached hydrogens (tertiary/aromatic N) is 1. The lowest BCUT2D eigenvalue weighted by atomic mass is 10.2. The summed E-state index contributed by atoms with van der Waals surface area (Å²) in [5.74, 6) is 0.925. The number of aromatic nitrogens is 2. The maximum atomic E-state index is 13.3. The van der Waals surface area contributed by atoms with Crippen LogP contribution >= 0.6 is 0 Å². The van der Waals surface area contributed by atoms with Crippen LogP contribution in [0.3, 0.4) is 0 Å². The Morgan fingerprint density at radius 2 is 1.15 bits per heavy atom. The first-order valence-corrected chi connectivity index (χ1v) is 12.5. The number of rotatable bonds is 6. The van der Waals surface area contributed by atoms with Crippen molar-refractivity contribution in [1.82, 2.24) is 9.97 Å². The van der Waals surface area contributed by atoms with Crippen LogP contribution in [0.15, 0.2) is 91.4 Å². The lowest BCUT2D eigenvalue weighted by Crippen LogP contribution is -2.15. The number of hydrogen-bond donors (Lipinski definition) is 1. The first-order chi connectivity index (χ1) is 15.7. The first-order valence-electron chi connectivity index (χ1n) is 9.49. The molecule has 0 aliphatic carbocycles. The normalized spacial score (nSPS) is 11.9. The largest absolute Gasteiger partial charge is 0.497 e. The molecule has 0 spiro atoms. The zero-order valence-electron chi connectivity index (χ0n) is 17.5. The van der Waals surface area contributed by atoms with Crippen LogP contribution in [-0.4, -0.2) is 41.0 Å². The molecule has 0 radical (unpaired) electrons. The predicted octanol–water partition coefficient (Wildman–Crippen LogP) is 2.61. The maximum Gasteiger partial charge on any atom is 0.259 e. The highest BCUT2D eigenvalue weighted by Crippen LogP contribution is 2.32. The van der Waals surface area contributed by atoms with Crippen molar-refractivity contribution >= 4 is 30.6 Å². The maximum absolute atomic E-state index is 13.3. The highest BCUT2D eigenvalue weighted by molar-refractivity contribution is 7.92. The number of ether oxygens (including phenoxy) is 2. The summed E-state index contributed by atoms with van der Waals surface area (Å²) in [6.45, 7) is 0. The summed E-state index contributed by atoms with van der Waals surface area (Å²) < 4.78 is 63.3. The fourth-order valence-corrected chi connectivity index (χ4v) is 6.19. The number of benzene rings is 3. The average Bonchev–Trinajstić information content (AvgIpc) is 2.83. The number of methoxy groups -OCH3 is 2. The molecule has 0 fully saturated rings. The summed E-state index contributed by atoms with van der Waals surface area (Å²) in [6.07, 6.45) is 1.03. The third-order valence-corrected chi connectivity index (χ3v) is 8.65. The molecule has 11 heteroatoms. The standard InChI is InChI=1S/C22H18N2O7S2/c1-30-14-3-7-16(8-4-14)32(26,27)18-11-12-19(21-20(18)22(25)24-13-23-21)33(28,29)17-9-5-15(31-2)6-10-17/h3-13H,1-2H3,(H,23,24,25). The Hall–Kier alpha value is -3.70. The Labute approximate surface area is 189 Å². The van der Waals surface area contributed by atoms with E-state index >= 15 is 0 Å². The molecule has 1 N–H and O–H groups in total. The molecule has 4 rings (SSSR count). The van der Waals surface area contributed by atoms with Crippen LogP contribution in [0.5, 0.6) is 11.5 Å². The van der Waals surface area contributed by atoms with Crippen molar-refractivity contribution in [2.45, 2.75) is 19.6 Å². The van der Waals surface area contributed by atoms with Crippen LogP contribution in [0, 0.1) is 0 Å². The Bertz CT molecular complexity index is 1610. The van der Waals surface area contributed by atoms with Gasteiger partial charge in [0.2, 0.25) is 19.7 Å². The Balaban J connectivity index is 1.96. The van der Waals surface area contributed by atoms with Crippen molar-refractivity contribution in [1.29, 1.82) is 0 Å². The molecule has 0 amide bonds. The quantitative estimate of drug-likeness (QED) is 0.440. The van der Waals surface area contributed by atoms with Gasteiger partial charge in [0.15, 0.2) is 0 Å². The van der Waals surface area contributed by atoms with Gasteiger partial charge in [0.25, 0.3) is 5.56 Å². The molecule has 33 heavy (non-hydrogen) atoms. The minimum atomic E-state index is -4.18. The smallest absolute Gasteiger partial charge is 0.259 e. The lowest BCUT2D eigenvalue weighted by molar-refractivity contribution is 0.414. The number of aromatic amines is 1.